The molecule has 1 nitrogen and oxygen atoms in total. The molecule has 0 N–H and O–H groups in total. The Hall–Kier alpha value is -1.86. The highest BCUT2D eigenvalue weighted by Crippen LogP contribution is 2.22. The number of benzene rings is 2. The second kappa shape index (κ2) is 8.12. The minimum atomic E-state index is 0.978. The van der Waals surface area contributed by atoms with E-state index in [1.54, 1.807) is 11.1 Å². The highest BCUT2D eigenvalue weighted by Gasteiger charge is 2.09. The Bertz CT molecular complexity index is 642. The first-order valence-electron chi connectivity index (χ1n) is 8.82. The summed E-state index contributed by atoms with van der Waals surface area (Å²) in [5, 5.41) is 0. The number of aryl methyl sites for hydroxylation is 2. The van der Waals surface area contributed by atoms with E-state index in [2.05, 4.69) is 72.6 Å². The van der Waals surface area contributed by atoms with Crippen molar-refractivity contribution < 1.29 is 0 Å². The fraction of sp³-hybridized carbons (Fsp3) is 0.364. The smallest absolute Gasteiger partial charge is 0.0234 e. The molecule has 1 aliphatic rings. The van der Waals surface area contributed by atoms with Crippen LogP contribution < -0.4 is 0 Å². The van der Waals surface area contributed by atoms with Gasteiger partial charge in [-0.15, -0.1) is 0 Å². The van der Waals surface area contributed by atoms with Crippen LogP contribution in [-0.2, 0) is 19.4 Å². The van der Waals surface area contributed by atoms with E-state index in [1.165, 1.54) is 43.2 Å². The lowest BCUT2D eigenvalue weighted by molar-refractivity contribution is 0.364. The number of hydrogen-bond acceptors (Lipinski definition) is 1. The maximum atomic E-state index is 2.44. The molecule has 0 saturated carbocycles. The molecule has 0 saturated heterocycles. The molecule has 120 valence electrons. The molecule has 2 aromatic carbocycles. The second-order valence-electron chi connectivity index (χ2n) is 6.67. The fourth-order valence-electron chi connectivity index (χ4n) is 3.37. The van der Waals surface area contributed by atoms with Crippen molar-refractivity contribution in [3.63, 3.8) is 0 Å². The monoisotopic (exact) mass is 305 g/mol. The summed E-state index contributed by atoms with van der Waals surface area (Å²) in [4.78, 5) is 2.37. The van der Waals surface area contributed by atoms with Crippen molar-refractivity contribution in [1.82, 2.24) is 4.90 Å². The molecule has 0 atom stereocenters. The first-order valence-corrected chi connectivity index (χ1v) is 8.82. The third kappa shape index (κ3) is 4.80. The summed E-state index contributed by atoms with van der Waals surface area (Å²) in [6, 6.07) is 17.6. The highest BCUT2D eigenvalue weighted by atomic mass is 15.1. The Kier molecular flexibility index (Phi) is 5.65. The van der Waals surface area contributed by atoms with Gasteiger partial charge in [-0.2, -0.15) is 0 Å². The third-order valence-electron chi connectivity index (χ3n) is 4.64. The molecule has 0 aliphatic heterocycles. The molecular formula is C22H27N. The molecule has 3 rings (SSSR count). The van der Waals surface area contributed by atoms with Crippen LogP contribution in [0.5, 0.6) is 0 Å². The van der Waals surface area contributed by atoms with Crippen molar-refractivity contribution in [2.45, 2.75) is 38.6 Å². The predicted molar refractivity (Wildman–Crippen MR) is 99.5 cm³/mol. The van der Waals surface area contributed by atoms with E-state index in [-0.39, 0.29) is 0 Å². The van der Waals surface area contributed by atoms with Crippen LogP contribution in [0.15, 0.2) is 54.6 Å². The Labute approximate surface area is 140 Å². The van der Waals surface area contributed by atoms with Crippen molar-refractivity contribution in [2.75, 3.05) is 13.6 Å². The van der Waals surface area contributed by atoms with Gasteiger partial charge in [0.1, 0.15) is 0 Å². The molecule has 0 bridgehead atoms. The van der Waals surface area contributed by atoms with Crippen LogP contribution in [-0.4, -0.2) is 18.5 Å². The number of rotatable bonds is 5. The van der Waals surface area contributed by atoms with Gasteiger partial charge in [0.05, 0.1) is 0 Å². The quantitative estimate of drug-likeness (QED) is 0.695. The summed E-state index contributed by atoms with van der Waals surface area (Å²) >= 11 is 0. The number of nitrogens with zero attached hydrogens (tertiary/aromatic N) is 1. The van der Waals surface area contributed by atoms with Crippen molar-refractivity contribution in [3.05, 3.63) is 76.9 Å². The van der Waals surface area contributed by atoms with E-state index in [4.69, 9.17) is 0 Å². The van der Waals surface area contributed by atoms with Crippen LogP contribution in [0.4, 0.5) is 0 Å². The van der Waals surface area contributed by atoms with E-state index < -0.39 is 0 Å². The first-order chi connectivity index (χ1) is 11.3. The van der Waals surface area contributed by atoms with Gasteiger partial charge in [-0.1, -0.05) is 67.1 Å². The fourth-order valence-corrected chi connectivity index (χ4v) is 3.37. The van der Waals surface area contributed by atoms with Crippen LogP contribution >= 0.6 is 0 Å². The summed E-state index contributed by atoms with van der Waals surface area (Å²) in [5.41, 5.74) is 5.89. The molecule has 0 amide bonds. The maximum absolute atomic E-state index is 2.44. The highest BCUT2D eigenvalue weighted by molar-refractivity contribution is 5.48. The second-order valence-corrected chi connectivity index (χ2v) is 6.67. The molecule has 0 aromatic heterocycles. The number of hydrogen-bond donors (Lipinski definition) is 0. The minimum Gasteiger partial charge on any atom is -0.298 e. The van der Waals surface area contributed by atoms with Gasteiger partial charge >= 0.3 is 0 Å². The van der Waals surface area contributed by atoms with Crippen LogP contribution in [0.3, 0.4) is 0 Å². The van der Waals surface area contributed by atoms with E-state index in [1.807, 2.05) is 0 Å². The summed E-state index contributed by atoms with van der Waals surface area (Å²) in [6.07, 6.45) is 11.1. The molecule has 2 aromatic rings. The molecule has 0 fully saturated rings. The normalized spacial score (nSPS) is 14.9. The summed E-state index contributed by atoms with van der Waals surface area (Å²) in [6.45, 7) is 2.00. The molecule has 1 aliphatic carbocycles. The van der Waals surface area contributed by atoms with Gasteiger partial charge in [0, 0.05) is 13.1 Å². The van der Waals surface area contributed by atoms with E-state index in [0.29, 0.717) is 0 Å². The van der Waals surface area contributed by atoms with Crippen molar-refractivity contribution in [2.24, 2.45) is 0 Å². The molecule has 0 spiro atoms. The SMILES string of the molecule is CN(CC=Cc1ccccc1)Cc1ccc2c(c1)CCCCC2. The van der Waals surface area contributed by atoms with Crippen LogP contribution in [0.2, 0.25) is 0 Å². The van der Waals surface area contributed by atoms with Gasteiger partial charge < -0.3 is 0 Å². The van der Waals surface area contributed by atoms with Gasteiger partial charge in [0.2, 0.25) is 0 Å². The van der Waals surface area contributed by atoms with Gasteiger partial charge in [-0.25, -0.2) is 0 Å². The average molecular weight is 305 g/mol. The zero-order valence-corrected chi connectivity index (χ0v) is 14.2. The average Bonchev–Trinajstić information content (AvgIpc) is 2.81. The standard InChI is InChI=1S/C22H27N/c1-23(16-8-11-19-9-4-2-5-10-19)18-20-14-15-21-12-6-3-7-13-22(21)17-20/h2,4-5,8-11,14-15,17H,3,6-7,12-13,16,18H2,1H3. The number of fused-ring (bicyclic) bond motifs is 1. The Morgan fingerprint density at radius 2 is 1.70 bits per heavy atom. The lowest BCUT2D eigenvalue weighted by atomic mass is 10.00. The largest absolute Gasteiger partial charge is 0.298 e. The molecule has 0 unspecified atom stereocenters. The Morgan fingerprint density at radius 3 is 2.52 bits per heavy atom. The molecular weight excluding hydrogens is 278 g/mol. The van der Waals surface area contributed by atoms with Crippen molar-refractivity contribution in [1.29, 1.82) is 0 Å². The van der Waals surface area contributed by atoms with Crippen LogP contribution in [0, 0.1) is 0 Å². The first kappa shape index (κ1) is 16.0. The van der Waals surface area contributed by atoms with E-state index in [9.17, 15) is 0 Å². The lowest BCUT2D eigenvalue weighted by Gasteiger charge is -2.16. The van der Waals surface area contributed by atoms with E-state index >= 15 is 0 Å². The van der Waals surface area contributed by atoms with E-state index in [0.717, 1.165) is 13.1 Å². The summed E-state index contributed by atoms with van der Waals surface area (Å²) < 4.78 is 0. The Balaban J connectivity index is 1.56. The van der Waals surface area contributed by atoms with Gasteiger partial charge in [-0.05, 0) is 55.0 Å². The maximum Gasteiger partial charge on any atom is 0.0234 e. The van der Waals surface area contributed by atoms with Crippen LogP contribution in [0.25, 0.3) is 6.08 Å². The van der Waals surface area contributed by atoms with Crippen molar-refractivity contribution in [3.8, 4) is 0 Å². The number of likely N-dealkylation sites (N-methyl/N-ethyl adjacent to an activating group) is 1. The predicted octanol–water partition coefficient (Wildman–Crippen LogP) is 5.10. The molecule has 0 radical (unpaired) electrons. The lowest BCUT2D eigenvalue weighted by Crippen LogP contribution is -2.17. The molecule has 0 heterocycles. The van der Waals surface area contributed by atoms with Gasteiger partial charge in [0.15, 0.2) is 0 Å². The third-order valence-corrected chi connectivity index (χ3v) is 4.64. The topological polar surface area (TPSA) is 3.24 Å². The molecule has 23 heavy (non-hydrogen) atoms. The van der Waals surface area contributed by atoms with Gasteiger partial charge in [0.25, 0.3) is 0 Å². The summed E-state index contributed by atoms with van der Waals surface area (Å²) in [5.74, 6) is 0. The van der Waals surface area contributed by atoms with Gasteiger partial charge in [-0.3, -0.25) is 4.90 Å². The van der Waals surface area contributed by atoms with Crippen LogP contribution in [0.1, 0.15) is 41.5 Å². The molecule has 1 heteroatoms. The summed E-state index contributed by atoms with van der Waals surface area (Å²) in [7, 11) is 2.20. The minimum absolute atomic E-state index is 0.978. The van der Waals surface area contributed by atoms with Crippen molar-refractivity contribution >= 4 is 6.08 Å². The zero-order valence-electron chi connectivity index (χ0n) is 14.2. The zero-order chi connectivity index (χ0) is 15.9. The Morgan fingerprint density at radius 1 is 0.913 bits per heavy atom.